The second-order valence-corrected chi connectivity index (χ2v) is 15.1. The quantitative estimate of drug-likeness (QED) is 0.264. The first kappa shape index (κ1) is 22.3. The number of aromatic nitrogens is 1. The molecule has 0 aliphatic heterocycles. The molecule has 0 bridgehead atoms. The van der Waals surface area contributed by atoms with Gasteiger partial charge < -0.3 is 4.43 Å². The fraction of sp³-hybridized carbons (Fsp3) is 0.842. The number of aryl methyl sites for hydroxylation is 1. The Hall–Kier alpha value is 0.287. The molecule has 0 saturated carbocycles. The maximum Gasteiger partial charge on any atom is 0.200 e. The molecule has 0 N–H and O–H groups in total. The third-order valence-corrected chi connectivity index (χ3v) is 13.0. The Bertz CT molecular complexity index is 454. The minimum atomic E-state index is -1.72. The summed E-state index contributed by atoms with van der Waals surface area (Å²) in [5, 5.41) is 3.32. The topological polar surface area (TPSA) is 22.1 Å². The van der Waals surface area contributed by atoms with Gasteiger partial charge in [0.25, 0.3) is 0 Å². The van der Waals surface area contributed by atoms with Gasteiger partial charge in [-0.15, -0.1) is 11.3 Å². The average molecular weight is 435 g/mol. The van der Waals surface area contributed by atoms with Crippen LogP contribution in [0.15, 0.2) is 9.98 Å². The van der Waals surface area contributed by atoms with E-state index in [-0.39, 0.29) is 0 Å². The lowest BCUT2D eigenvalue weighted by Gasteiger charge is -2.44. The summed E-state index contributed by atoms with van der Waals surface area (Å²) in [5.74, 6) is 0. The van der Waals surface area contributed by atoms with Crippen LogP contribution < -0.4 is 0 Å². The van der Waals surface area contributed by atoms with Crippen LogP contribution in [0.4, 0.5) is 0 Å². The maximum absolute atomic E-state index is 6.81. The van der Waals surface area contributed by atoms with Crippen LogP contribution >= 0.6 is 27.3 Å². The Balaban J connectivity index is 2.39. The third-order valence-electron chi connectivity index (χ3n) is 5.14. The van der Waals surface area contributed by atoms with Crippen LogP contribution in [-0.4, -0.2) is 19.4 Å². The van der Waals surface area contributed by atoms with Crippen LogP contribution in [0.1, 0.15) is 79.2 Å². The molecule has 0 fully saturated rings. The highest BCUT2D eigenvalue weighted by atomic mass is 79.9. The number of hydrogen-bond donors (Lipinski definition) is 0. The van der Waals surface area contributed by atoms with Gasteiger partial charge in [0.05, 0.1) is 5.01 Å². The van der Waals surface area contributed by atoms with Gasteiger partial charge >= 0.3 is 0 Å². The summed E-state index contributed by atoms with van der Waals surface area (Å²) in [4.78, 5) is 4.47. The summed E-state index contributed by atoms with van der Waals surface area (Å²) in [5.41, 5.74) is 2.01. The van der Waals surface area contributed by atoms with E-state index in [4.69, 9.17) is 4.43 Å². The lowest BCUT2D eigenvalue weighted by molar-refractivity contribution is 0.178. The SMILES string of the molecule is CC(C)[Si](O[C@@H](C)CCCCCc1nc(Br)cs1)(C(C)C)C(C)C. The van der Waals surface area contributed by atoms with Crippen molar-refractivity contribution in [2.24, 2.45) is 0 Å². The number of rotatable bonds is 11. The van der Waals surface area contributed by atoms with Crippen molar-refractivity contribution in [3.8, 4) is 0 Å². The van der Waals surface area contributed by atoms with Crippen molar-refractivity contribution in [2.75, 3.05) is 0 Å². The molecule has 2 nitrogen and oxygen atoms in total. The van der Waals surface area contributed by atoms with E-state index in [0.717, 1.165) is 11.0 Å². The van der Waals surface area contributed by atoms with E-state index in [2.05, 4.69) is 74.8 Å². The van der Waals surface area contributed by atoms with Gasteiger partial charge in [0, 0.05) is 11.5 Å². The number of hydrogen-bond acceptors (Lipinski definition) is 3. The van der Waals surface area contributed by atoms with Crippen LogP contribution in [-0.2, 0) is 10.8 Å². The molecular formula is C19H36BrNOSSi. The predicted molar refractivity (Wildman–Crippen MR) is 114 cm³/mol. The Labute approximate surface area is 163 Å². The first-order valence-electron chi connectivity index (χ1n) is 9.47. The molecule has 1 aromatic rings. The fourth-order valence-corrected chi connectivity index (χ4v) is 11.0. The van der Waals surface area contributed by atoms with Crippen molar-refractivity contribution in [1.29, 1.82) is 0 Å². The van der Waals surface area contributed by atoms with Gasteiger partial charge in [0.2, 0.25) is 8.32 Å². The van der Waals surface area contributed by atoms with E-state index < -0.39 is 8.32 Å². The highest BCUT2D eigenvalue weighted by molar-refractivity contribution is 9.10. The lowest BCUT2D eigenvalue weighted by atomic mass is 10.1. The van der Waals surface area contributed by atoms with Crippen molar-refractivity contribution in [1.82, 2.24) is 4.98 Å². The fourth-order valence-electron chi connectivity index (χ4n) is 4.10. The van der Waals surface area contributed by atoms with E-state index >= 15 is 0 Å². The molecule has 5 heteroatoms. The smallest absolute Gasteiger partial charge is 0.200 e. The predicted octanol–water partition coefficient (Wildman–Crippen LogP) is 7.59. The first-order valence-corrected chi connectivity index (χ1v) is 13.3. The van der Waals surface area contributed by atoms with Gasteiger partial charge in [-0.25, -0.2) is 4.98 Å². The molecule has 0 radical (unpaired) electrons. The Morgan fingerprint density at radius 1 is 1.00 bits per heavy atom. The summed E-state index contributed by atoms with van der Waals surface area (Å²) in [7, 11) is -1.72. The summed E-state index contributed by atoms with van der Waals surface area (Å²) >= 11 is 5.18. The van der Waals surface area contributed by atoms with E-state index in [1.54, 1.807) is 11.3 Å². The Morgan fingerprint density at radius 2 is 1.58 bits per heavy atom. The first-order chi connectivity index (χ1) is 11.2. The number of nitrogens with zero attached hydrogens (tertiary/aromatic N) is 1. The lowest BCUT2D eigenvalue weighted by Crippen LogP contribution is -2.49. The molecule has 1 aromatic heterocycles. The Morgan fingerprint density at radius 3 is 2.04 bits per heavy atom. The maximum atomic E-state index is 6.81. The molecule has 0 aromatic carbocycles. The highest BCUT2D eigenvalue weighted by Crippen LogP contribution is 2.43. The normalized spacial score (nSPS) is 14.1. The van der Waals surface area contributed by atoms with E-state index in [9.17, 15) is 0 Å². The van der Waals surface area contributed by atoms with Crippen molar-refractivity contribution in [3.05, 3.63) is 15.0 Å². The van der Waals surface area contributed by atoms with Crippen molar-refractivity contribution < 1.29 is 4.43 Å². The van der Waals surface area contributed by atoms with Crippen molar-refractivity contribution in [3.63, 3.8) is 0 Å². The van der Waals surface area contributed by atoms with E-state index in [0.29, 0.717) is 22.7 Å². The number of thiazole rings is 1. The van der Waals surface area contributed by atoms with Gasteiger partial charge in [-0.3, -0.25) is 0 Å². The molecule has 0 spiro atoms. The van der Waals surface area contributed by atoms with Gasteiger partial charge in [-0.2, -0.15) is 0 Å². The van der Waals surface area contributed by atoms with E-state index in [1.165, 1.54) is 30.7 Å². The van der Waals surface area contributed by atoms with Crippen molar-refractivity contribution in [2.45, 2.75) is 103 Å². The van der Waals surface area contributed by atoms with Gasteiger partial charge in [0.15, 0.2) is 0 Å². The zero-order chi connectivity index (χ0) is 18.3. The van der Waals surface area contributed by atoms with Crippen LogP contribution in [0, 0.1) is 0 Å². The van der Waals surface area contributed by atoms with Gasteiger partial charge in [0.1, 0.15) is 4.60 Å². The summed E-state index contributed by atoms with van der Waals surface area (Å²) in [6.07, 6.45) is 6.43. The molecule has 0 unspecified atom stereocenters. The molecule has 0 amide bonds. The molecule has 0 aliphatic carbocycles. The molecule has 1 rings (SSSR count). The number of unbranched alkanes of at least 4 members (excludes halogenated alkanes) is 2. The Kier molecular flexibility index (Phi) is 9.71. The molecule has 24 heavy (non-hydrogen) atoms. The zero-order valence-electron chi connectivity index (χ0n) is 16.6. The number of halogens is 1. The summed E-state index contributed by atoms with van der Waals surface area (Å²) < 4.78 is 7.79. The molecule has 1 heterocycles. The standard InChI is InChI=1S/C19H36BrNOSSi/c1-14(2)24(15(3)4,16(5)6)22-17(7)11-9-8-10-12-19-21-18(20)13-23-19/h13-17H,8-12H2,1-7H3/t17-/m0/s1. The molecular weight excluding hydrogens is 398 g/mol. The molecule has 0 aliphatic rings. The highest BCUT2D eigenvalue weighted by Gasteiger charge is 2.45. The average Bonchev–Trinajstić information content (AvgIpc) is 2.88. The minimum Gasteiger partial charge on any atom is -0.413 e. The monoisotopic (exact) mass is 433 g/mol. The summed E-state index contributed by atoms with van der Waals surface area (Å²) in [6.45, 7) is 16.5. The third kappa shape index (κ3) is 6.22. The second-order valence-electron chi connectivity index (χ2n) is 7.91. The molecule has 1 atom stereocenters. The van der Waals surface area contributed by atoms with Gasteiger partial charge in [-0.1, -0.05) is 54.4 Å². The van der Waals surface area contributed by atoms with Crippen LogP contribution in [0.5, 0.6) is 0 Å². The second kappa shape index (κ2) is 10.4. The zero-order valence-corrected chi connectivity index (χ0v) is 20.0. The van der Waals surface area contributed by atoms with Crippen LogP contribution in [0.3, 0.4) is 0 Å². The summed E-state index contributed by atoms with van der Waals surface area (Å²) in [6, 6.07) is 0. The molecule has 140 valence electrons. The largest absolute Gasteiger partial charge is 0.413 e. The van der Waals surface area contributed by atoms with Crippen LogP contribution in [0.2, 0.25) is 16.6 Å². The van der Waals surface area contributed by atoms with Crippen molar-refractivity contribution >= 4 is 35.6 Å². The minimum absolute atomic E-state index is 0.387. The van der Waals surface area contributed by atoms with Gasteiger partial charge in [-0.05, 0) is 58.7 Å². The molecule has 0 saturated heterocycles. The van der Waals surface area contributed by atoms with Crippen LogP contribution in [0.25, 0.3) is 0 Å². The van der Waals surface area contributed by atoms with E-state index in [1.807, 2.05) is 0 Å².